The third kappa shape index (κ3) is 5.53. The number of rotatable bonds is 8. The van der Waals surface area contributed by atoms with Crippen LogP contribution in [0.1, 0.15) is 38.2 Å². The molecule has 12 heteroatoms. The lowest BCUT2D eigenvalue weighted by molar-refractivity contribution is -0.242. The Labute approximate surface area is 188 Å². The Bertz CT molecular complexity index is 998. The monoisotopic (exact) mass is 502 g/mol. The van der Waals surface area contributed by atoms with Crippen molar-refractivity contribution in [1.29, 1.82) is 0 Å². The standard InChI is InChI=1S/C22H19F9O3/c1-2-3-12-5-4-11(10-32-12)21(28,29)34-17-7-6-14(18(25)20(17)27)22(30,31)33-13-8-15(23)19(26)16(24)9-13/h6-9,11-12H,2-5,10H2,1H3. The van der Waals surface area contributed by atoms with E-state index in [2.05, 4.69) is 9.47 Å². The van der Waals surface area contributed by atoms with Crippen LogP contribution in [0.4, 0.5) is 39.5 Å². The minimum atomic E-state index is -4.71. The summed E-state index contributed by atoms with van der Waals surface area (Å²) in [6.45, 7) is 1.51. The largest absolute Gasteiger partial charge is 0.429 e. The fourth-order valence-corrected chi connectivity index (χ4v) is 3.48. The SMILES string of the molecule is CCCC1CCC(C(F)(F)Oc2ccc(C(F)(F)Oc3cc(F)c(F)c(F)c3)c(F)c2F)CO1. The van der Waals surface area contributed by atoms with Crippen LogP contribution in [0.5, 0.6) is 11.5 Å². The molecule has 0 aliphatic carbocycles. The molecule has 0 radical (unpaired) electrons. The van der Waals surface area contributed by atoms with Crippen LogP contribution in [0.2, 0.25) is 0 Å². The van der Waals surface area contributed by atoms with Crippen molar-refractivity contribution in [2.75, 3.05) is 6.61 Å². The van der Waals surface area contributed by atoms with Crippen molar-refractivity contribution in [3.05, 3.63) is 58.9 Å². The first-order chi connectivity index (χ1) is 15.9. The van der Waals surface area contributed by atoms with Crippen LogP contribution in [0.3, 0.4) is 0 Å². The zero-order valence-electron chi connectivity index (χ0n) is 17.6. The summed E-state index contributed by atoms with van der Waals surface area (Å²) in [5.74, 6) is -14.2. The van der Waals surface area contributed by atoms with Gasteiger partial charge in [-0.2, -0.15) is 22.0 Å². The molecule has 188 valence electrons. The quantitative estimate of drug-likeness (QED) is 0.285. The van der Waals surface area contributed by atoms with E-state index in [-0.39, 0.29) is 30.7 Å². The summed E-state index contributed by atoms with van der Waals surface area (Å²) >= 11 is 0. The summed E-state index contributed by atoms with van der Waals surface area (Å²) in [6.07, 6.45) is -7.15. The van der Waals surface area contributed by atoms with Crippen LogP contribution in [0, 0.1) is 35.0 Å². The van der Waals surface area contributed by atoms with Gasteiger partial charge in [0.15, 0.2) is 29.0 Å². The van der Waals surface area contributed by atoms with Crippen molar-refractivity contribution < 1.29 is 53.7 Å². The predicted octanol–water partition coefficient (Wildman–Crippen LogP) is 7.08. The Balaban J connectivity index is 1.77. The van der Waals surface area contributed by atoms with E-state index in [0.29, 0.717) is 18.9 Å². The number of benzene rings is 2. The van der Waals surface area contributed by atoms with Gasteiger partial charge in [0.25, 0.3) is 0 Å². The second kappa shape index (κ2) is 9.93. The Morgan fingerprint density at radius 2 is 1.53 bits per heavy atom. The van der Waals surface area contributed by atoms with Crippen LogP contribution in [-0.2, 0) is 10.8 Å². The van der Waals surface area contributed by atoms with Gasteiger partial charge >= 0.3 is 12.2 Å². The van der Waals surface area contributed by atoms with E-state index >= 15 is 0 Å². The van der Waals surface area contributed by atoms with Crippen molar-refractivity contribution in [2.45, 2.75) is 50.9 Å². The molecule has 2 aromatic rings. The van der Waals surface area contributed by atoms with Crippen LogP contribution >= 0.6 is 0 Å². The minimum absolute atomic E-state index is 0.0173. The third-order valence-electron chi connectivity index (χ3n) is 5.27. The molecule has 1 fully saturated rings. The summed E-state index contributed by atoms with van der Waals surface area (Å²) < 4.78 is 139. The molecule has 1 heterocycles. The van der Waals surface area contributed by atoms with E-state index in [1.54, 1.807) is 0 Å². The first-order valence-corrected chi connectivity index (χ1v) is 10.2. The lowest BCUT2D eigenvalue weighted by atomic mass is 9.95. The van der Waals surface area contributed by atoms with Crippen LogP contribution in [-0.4, -0.2) is 18.8 Å². The molecule has 1 aliphatic rings. The highest BCUT2D eigenvalue weighted by atomic mass is 19.3. The van der Waals surface area contributed by atoms with E-state index in [1.165, 1.54) is 0 Å². The molecular weight excluding hydrogens is 483 g/mol. The van der Waals surface area contributed by atoms with Crippen molar-refractivity contribution in [1.82, 2.24) is 0 Å². The Hall–Kier alpha value is -2.63. The van der Waals surface area contributed by atoms with Crippen LogP contribution < -0.4 is 9.47 Å². The van der Waals surface area contributed by atoms with Gasteiger partial charge in [0.05, 0.1) is 18.6 Å². The topological polar surface area (TPSA) is 27.7 Å². The first-order valence-electron chi connectivity index (χ1n) is 10.2. The highest BCUT2D eigenvalue weighted by Crippen LogP contribution is 2.40. The Morgan fingerprint density at radius 1 is 0.882 bits per heavy atom. The maximum Gasteiger partial charge on any atom is 0.429 e. The normalized spacial score (nSPS) is 19.2. The number of ether oxygens (including phenoxy) is 3. The van der Waals surface area contributed by atoms with E-state index in [4.69, 9.17) is 4.74 Å². The zero-order valence-corrected chi connectivity index (χ0v) is 17.6. The van der Waals surface area contributed by atoms with Gasteiger partial charge in [-0.25, -0.2) is 17.6 Å². The van der Waals surface area contributed by atoms with E-state index < -0.39 is 70.9 Å². The molecule has 0 N–H and O–H groups in total. The van der Waals surface area contributed by atoms with E-state index in [1.807, 2.05) is 6.92 Å². The first kappa shape index (κ1) is 26.0. The molecule has 0 saturated carbocycles. The lowest BCUT2D eigenvalue weighted by Gasteiger charge is -2.33. The van der Waals surface area contributed by atoms with Gasteiger partial charge < -0.3 is 14.2 Å². The molecule has 1 aliphatic heterocycles. The molecule has 3 rings (SSSR count). The highest BCUT2D eigenvalue weighted by Gasteiger charge is 2.46. The van der Waals surface area contributed by atoms with Crippen molar-refractivity contribution in [3.63, 3.8) is 0 Å². The molecule has 2 unspecified atom stereocenters. The molecule has 0 aromatic heterocycles. The number of hydrogen-bond donors (Lipinski definition) is 0. The summed E-state index contributed by atoms with van der Waals surface area (Å²) in [5, 5.41) is 0. The molecule has 0 bridgehead atoms. The molecule has 0 spiro atoms. The van der Waals surface area contributed by atoms with Gasteiger partial charge in [0, 0.05) is 12.1 Å². The minimum Gasteiger partial charge on any atom is -0.429 e. The van der Waals surface area contributed by atoms with Gasteiger partial charge in [-0.15, -0.1) is 0 Å². The van der Waals surface area contributed by atoms with Gasteiger partial charge in [-0.05, 0) is 31.4 Å². The van der Waals surface area contributed by atoms with E-state index in [9.17, 15) is 39.5 Å². The fourth-order valence-electron chi connectivity index (χ4n) is 3.48. The van der Waals surface area contributed by atoms with Crippen molar-refractivity contribution in [2.24, 2.45) is 5.92 Å². The molecular formula is C22H19F9O3. The van der Waals surface area contributed by atoms with Crippen LogP contribution in [0.15, 0.2) is 24.3 Å². The number of hydrogen-bond acceptors (Lipinski definition) is 3. The van der Waals surface area contributed by atoms with Crippen molar-refractivity contribution in [3.8, 4) is 11.5 Å². The van der Waals surface area contributed by atoms with Gasteiger partial charge in [0.2, 0.25) is 5.82 Å². The Kier molecular flexibility index (Phi) is 7.59. The third-order valence-corrected chi connectivity index (χ3v) is 5.27. The lowest BCUT2D eigenvalue weighted by Crippen LogP contribution is -2.42. The molecule has 34 heavy (non-hydrogen) atoms. The van der Waals surface area contributed by atoms with Gasteiger partial charge in [0.1, 0.15) is 11.3 Å². The van der Waals surface area contributed by atoms with Crippen LogP contribution in [0.25, 0.3) is 0 Å². The average Bonchev–Trinajstić information content (AvgIpc) is 2.75. The summed E-state index contributed by atoms with van der Waals surface area (Å²) in [5.41, 5.74) is -1.77. The smallest absolute Gasteiger partial charge is 0.429 e. The summed E-state index contributed by atoms with van der Waals surface area (Å²) in [6, 6.07) is 0.689. The maximum atomic E-state index is 14.5. The second-order valence-electron chi connectivity index (χ2n) is 7.74. The molecule has 1 saturated heterocycles. The molecule has 2 atom stereocenters. The van der Waals surface area contributed by atoms with Crippen molar-refractivity contribution >= 4 is 0 Å². The highest BCUT2D eigenvalue weighted by molar-refractivity contribution is 5.34. The van der Waals surface area contributed by atoms with E-state index in [0.717, 1.165) is 6.42 Å². The second-order valence-corrected chi connectivity index (χ2v) is 7.74. The zero-order chi connectivity index (χ0) is 25.3. The average molecular weight is 502 g/mol. The van der Waals surface area contributed by atoms with Gasteiger partial charge in [-0.1, -0.05) is 13.3 Å². The number of halogens is 9. The summed E-state index contributed by atoms with van der Waals surface area (Å²) in [7, 11) is 0. The summed E-state index contributed by atoms with van der Waals surface area (Å²) in [4.78, 5) is 0. The fraction of sp³-hybridized carbons (Fsp3) is 0.455. The number of alkyl halides is 4. The Morgan fingerprint density at radius 3 is 2.09 bits per heavy atom. The van der Waals surface area contributed by atoms with Gasteiger partial charge in [-0.3, -0.25) is 0 Å². The molecule has 2 aromatic carbocycles. The molecule has 0 amide bonds. The maximum absolute atomic E-state index is 14.5. The predicted molar refractivity (Wildman–Crippen MR) is 100 cm³/mol. The molecule has 3 nitrogen and oxygen atoms in total.